The lowest BCUT2D eigenvalue weighted by molar-refractivity contribution is -0.142. The molecule has 0 spiro atoms. The third kappa shape index (κ3) is 3.59. The highest BCUT2D eigenvalue weighted by molar-refractivity contribution is 7.80. The summed E-state index contributed by atoms with van der Waals surface area (Å²) < 4.78 is 10.7. The van der Waals surface area contributed by atoms with E-state index >= 15 is 0 Å². The first-order chi connectivity index (χ1) is 10.7. The van der Waals surface area contributed by atoms with Crippen LogP contribution in [-0.4, -0.2) is 59.7 Å². The monoisotopic (exact) mass is 323 g/mol. The van der Waals surface area contributed by atoms with Gasteiger partial charge in [-0.1, -0.05) is 0 Å². The number of nitrogens with zero attached hydrogens (tertiary/aromatic N) is 2. The van der Waals surface area contributed by atoms with Gasteiger partial charge in [0.15, 0.2) is 5.11 Å². The van der Waals surface area contributed by atoms with Gasteiger partial charge >= 0.3 is 0 Å². The number of rotatable bonds is 3. The van der Waals surface area contributed by atoms with Gasteiger partial charge < -0.3 is 24.3 Å². The van der Waals surface area contributed by atoms with Gasteiger partial charge in [0, 0.05) is 32.8 Å². The largest absolute Gasteiger partial charge is 0.467 e. The summed E-state index contributed by atoms with van der Waals surface area (Å²) >= 11 is 5.40. The molecule has 22 heavy (non-hydrogen) atoms. The van der Waals surface area contributed by atoms with Crippen molar-refractivity contribution in [3.8, 4) is 0 Å². The molecule has 120 valence electrons. The molecule has 0 bridgehead atoms. The Balaban J connectivity index is 1.42. The molecule has 1 N–H and O–H groups in total. The van der Waals surface area contributed by atoms with Crippen molar-refractivity contribution in [2.75, 3.05) is 32.8 Å². The molecule has 1 unspecified atom stereocenters. The van der Waals surface area contributed by atoms with Crippen molar-refractivity contribution in [1.29, 1.82) is 0 Å². The SMILES string of the molecule is O=C(C1CCCO1)N1CCN(C(=S)NCc2ccco2)CC1. The van der Waals surface area contributed by atoms with Crippen LogP contribution in [0.25, 0.3) is 0 Å². The number of carbonyl (C=O) groups excluding carboxylic acids is 1. The highest BCUT2D eigenvalue weighted by Gasteiger charge is 2.30. The molecule has 1 aromatic rings. The van der Waals surface area contributed by atoms with Gasteiger partial charge in [-0.2, -0.15) is 0 Å². The average Bonchev–Trinajstić information content (AvgIpc) is 3.25. The molecule has 1 amide bonds. The number of ether oxygens (including phenoxy) is 1. The van der Waals surface area contributed by atoms with Crippen LogP contribution < -0.4 is 5.32 Å². The smallest absolute Gasteiger partial charge is 0.251 e. The number of hydrogen-bond donors (Lipinski definition) is 1. The molecule has 0 aliphatic carbocycles. The number of piperazine rings is 1. The van der Waals surface area contributed by atoms with E-state index in [1.807, 2.05) is 17.0 Å². The van der Waals surface area contributed by atoms with E-state index in [4.69, 9.17) is 21.4 Å². The Morgan fingerprint density at radius 2 is 2.09 bits per heavy atom. The van der Waals surface area contributed by atoms with Gasteiger partial charge in [-0.25, -0.2) is 0 Å². The average molecular weight is 323 g/mol. The standard InChI is InChI=1S/C15H21N3O3S/c19-14(13-4-2-10-21-13)17-5-7-18(8-6-17)15(22)16-11-12-3-1-9-20-12/h1,3,9,13H,2,4-8,10-11H2,(H,16,22). The van der Waals surface area contributed by atoms with Crippen LogP contribution in [0.1, 0.15) is 18.6 Å². The van der Waals surface area contributed by atoms with Gasteiger partial charge in [0.2, 0.25) is 0 Å². The molecule has 0 radical (unpaired) electrons. The minimum atomic E-state index is -0.226. The van der Waals surface area contributed by atoms with Gasteiger partial charge in [-0.3, -0.25) is 4.79 Å². The Bertz CT molecular complexity index is 506. The van der Waals surface area contributed by atoms with Gasteiger partial charge in [0.05, 0.1) is 12.8 Å². The minimum absolute atomic E-state index is 0.131. The van der Waals surface area contributed by atoms with Crippen LogP contribution in [0.4, 0.5) is 0 Å². The lowest BCUT2D eigenvalue weighted by Crippen LogP contribution is -2.54. The van der Waals surface area contributed by atoms with Crippen LogP contribution in [0.5, 0.6) is 0 Å². The third-order valence-electron chi connectivity index (χ3n) is 4.08. The maximum atomic E-state index is 12.3. The van der Waals surface area contributed by atoms with E-state index in [-0.39, 0.29) is 12.0 Å². The zero-order valence-electron chi connectivity index (χ0n) is 12.5. The number of carbonyl (C=O) groups is 1. The number of hydrogen-bond acceptors (Lipinski definition) is 4. The van der Waals surface area contributed by atoms with Gasteiger partial charge in [0.25, 0.3) is 5.91 Å². The first kappa shape index (κ1) is 15.3. The predicted octanol–water partition coefficient (Wildman–Crippen LogP) is 0.977. The maximum Gasteiger partial charge on any atom is 0.251 e. The van der Waals surface area contributed by atoms with Crippen LogP contribution in [0.15, 0.2) is 22.8 Å². The second kappa shape index (κ2) is 7.11. The Morgan fingerprint density at radius 1 is 1.32 bits per heavy atom. The number of furan rings is 1. The molecule has 2 saturated heterocycles. The summed E-state index contributed by atoms with van der Waals surface area (Å²) in [6.45, 7) is 4.19. The van der Waals surface area contributed by atoms with E-state index in [0.717, 1.165) is 31.7 Å². The van der Waals surface area contributed by atoms with E-state index < -0.39 is 0 Å². The summed E-state index contributed by atoms with van der Waals surface area (Å²) in [5.74, 6) is 0.987. The fourth-order valence-corrected chi connectivity index (χ4v) is 3.05. The number of thiocarbonyl (C=S) groups is 1. The van der Waals surface area contributed by atoms with Gasteiger partial charge in [-0.15, -0.1) is 0 Å². The van der Waals surface area contributed by atoms with Crippen molar-refractivity contribution in [1.82, 2.24) is 15.1 Å². The van der Waals surface area contributed by atoms with Crippen LogP contribution in [0.2, 0.25) is 0 Å². The van der Waals surface area contributed by atoms with E-state index in [1.165, 1.54) is 0 Å². The zero-order chi connectivity index (χ0) is 15.4. The second-order valence-corrected chi connectivity index (χ2v) is 5.94. The number of amides is 1. The van der Waals surface area contributed by atoms with Gasteiger partial charge in [-0.05, 0) is 37.2 Å². The van der Waals surface area contributed by atoms with E-state index in [2.05, 4.69) is 10.2 Å². The Hall–Kier alpha value is -1.60. The Morgan fingerprint density at radius 3 is 2.73 bits per heavy atom. The Kier molecular flexibility index (Phi) is 4.94. The highest BCUT2D eigenvalue weighted by Crippen LogP contribution is 2.16. The first-order valence-corrected chi connectivity index (χ1v) is 8.10. The van der Waals surface area contributed by atoms with Crippen LogP contribution >= 0.6 is 12.2 Å². The van der Waals surface area contributed by atoms with Crippen LogP contribution in [-0.2, 0) is 16.1 Å². The van der Waals surface area contributed by atoms with E-state index in [0.29, 0.717) is 31.4 Å². The molecular formula is C15H21N3O3S. The summed E-state index contributed by atoms with van der Waals surface area (Å²) in [6, 6.07) is 3.77. The lowest BCUT2D eigenvalue weighted by atomic mass is 10.2. The molecule has 2 aliphatic rings. The number of nitrogens with one attached hydrogen (secondary N) is 1. The Labute approximate surface area is 135 Å². The van der Waals surface area contributed by atoms with Crippen molar-refractivity contribution in [2.24, 2.45) is 0 Å². The van der Waals surface area contributed by atoms with Gasteiger partial charge in [0.1, 0.15) is 11.9 Å². The summed E-state index contributed by atoms with van der Waals surface area (Å²) in [7, 11) is 0. The third-order valence-corrected chi connectivity index (χ3v) is 4.48. The maximum absolute atomic E-state index is 12.3. The highest BCUT2D eigenvalue weighted by atomic mass is 32.1. The molecule has 0 aromatic carbocycles. The minimum Gasteiger partial charge on any atom is -0.467 e. The van der Waals surface area contributed by atoms with Crippen LogP contribution in [0, 0.1) is 0 Å². The first-order valence-electron chi connectivity index (χ1n) is 7.69. The molecular weight excluding hydrogens is 302 g/mol. The molecule has 6 nitrogen and oxygen atoms in total. The van der Waals surface area contributed by atoms with Crippen molar-refractivity contribution in [3.63, 3.8) is 0 Å². The topological polar surface area (TPSA) is 58.0 Å². The molecule has 2 aliphatic heterocycles. The van der Waals surface area contributed by atoms with Crippen molar-refractivity contribution in [2.45, 2.75) is 25.5 Å². The summed E-state index contributed by atoms with van der Waals surface area (Å²) in [6.07, 6.45) is 3.25. The zero-order valence-corrected chi connectivity index (χ0v) is 13.3. The summed E-state index contributed by atoms with van der Waals surface area (Å²) in [5, 5.41) is 3.90. The van der Waals surface area contributed by atoms with Crippen molar-refractivity contribution >= 4 is 23.2 Å². The molecule has 0 saturated carbocycles. The molecule has 3 heterocycles. The van der Waals surface area contributed by atoms with E-state index in [9.17, 15) is 4.79 Å². The van der Waals surface area contributed by atoms with Crippen molar-refractivity contribution < 1.29 is 13.9 Å². The molecule has 3 rings (SSSR count). The van der Waals surface area contributed by atoms with Crippen LogP contribution in [0.3, 0.4) is 0 Å². The van der Waals surface area contributed by atoms with E-state index in [1.54, 1.807) is 6.26 Å². The summed E-state index contributed by atoms with van der Waals surface area (Å²) in [4.78, 5) is 16.3. The fraction of sp³-hybridized carbons (Fsp3) is 0.600. The molecule has 2 fully saturated rings. The summed E-state index contributed by atoms with van der Waals surface area (Å²) in [5.41, 5.74) is 0. The predicted molar refractivity (Wildman–Crippen MR) is 85.3 cm³/mol. The molecule has 7 heteroatoms. The normalized spacial score (nSPS) is 21.9. The van der Waals surface area contributed by atoms with Crippen molar-refractivity contribution in [3.05, 3.63) is 24.2 Å². The fourth-order valence-electron chi connectivity index (χ4n) is 2.79. The quantitative estimate of drug-likeness (QED) is 0.837. The second-order valence-electron chi connectivity index (χ2n) is 5.55. The molecule has 1 aromatic heterocycles. The molecule has 1 atom stereocenters. The lowest BCUT2D eigenvalue weighted by Gasteiger charge is -2.37.